The number of Topliss-reactive ketones (excluding diaryl/α,β-unsaturated/α-hetero) is 1. The summed E-state index contributed by atoms with van der Waals surface area (Å²) in [6.45, 7) is 1.54. The SMILES string of the molecule is CC(C=O)C=C(O)c1cc(C2CC(=O)C3=C(CC(O)C=C3O)O2)cc(O)c1O. The first-order valence-corrected chi connectivity index (χ1v) is 8.65. The number of aliphatic hydroxyl groups excluding tert-OH is 3. The molecule has 0 amide bonds. The van der Waals surface area contributed by atoms with Gasteiger partial charge in [0.1, 0.15) is 29.7 Å². The number of carbonyl (C=O) groups is 2. The normalized spacial score (nSPS) is 23.6. The second-order valence-electron chi connectivity index (χ2n) is 6.84. The molecular formula is C20H20O8. The molecule has 1 aromatic carbocycles. The van der Waals surface area contributed by atoms with Crippen molar-refractivity contribution in [3.63, 3.8) is 0 Å². The lowest BCUT2D eigenvalue weighted by Gasteiger charge is -2.31. The van der Waals surface area contributed by atoms with Crippen LogP contribution in [0.5, 0.6) is 11.5 Å². The quantitative estimate of drug-likeness (QED) is 0.300. The number of hydrogen-bond donors (Lipinski definition) is 5. The lowest BCUT2D eigenvalue weighted by molar-refractivity contribution is -0.120. The van der Waals surface area contributed by atoms with E-state index in [1.165, 1.54) is 31.2 Å². The number of aliphatic hydroxyl groups is 3. The van der Waals surface area contributed by atoms with Crippen molar-refractivity contribution >= 4 is 17.8 Å². The topological polar surface area (TPSA) is 145 Å². The van der Waals surface area contributed by atoms with Gasteiger partial charge in [-0.1, -0.05) is 6.92 Å². The molecule has 5 N–H and O–H groups in total. The summed E-state index contributed by atoms with van der Waals surface area (Å²) in [6, 6.07) is 2.55. The molecule has 1 aromatic rings. The number of carbonyl (C=O) groups excluding carboxylic acids is 2. The van der Waals surface area contributed by atoms with E-state index in [0.717, 1.165) is 0 Å². The number of hydrogen-bond acceptors (Lipinski definition) is 8. The largest absolute Gasteiger partial charge is 0.507 e. The molecule has 1 heterocycles. The van der Waals surface area contributed by atoms with E-state index in [9.17, 15) is 35.1 Å². The van der Waals surface area contributed by atoms with E-state index in [4.69, 9.17) is 4.74 Å². The van der Waals surface area contributed by atoms with Crippen molar-refractivity contribution in [3.05, 3.63) is 52.5 Å². The van der Waals surface area contributed by atoms with Crippen molar-refractivity contribution in [3.8, 4) is 11.5 Å². The highest BCUT2D eigenvalue weighted by Gasteiger charge is 2.36. The smallest absolute Gasteiger partial charge is 0.174 e. The second-order valence-corrected chi connectivity index (χ2v) is 6.84. The van der Waals surface area contributed by atoms with Crippen molar-refractivity contribution in [2.75, 3.05) is 0 Å². The van der Waals surface area contributed by atoms with Crippen LogP contribution < -0.4 is 0 Å². The van der Waals surface area contributed by atoms with Gasteiger partial charge in [-0.25, -0.2) is 0 Å². The Morgan fingerprint density at radius 3 is 2.64 bits per heavy atom. The number of allylic oxidation sites excluding steroid dienone is 2. The average molecular weight is 388 g/mol. The zero-order valence-corrected chi connectivity index (χ0v) is 15.0. The summed E-state index contributed by atoms with van der Waals surface area (Å²) in [6.07, 6.45) is 0.993. The van der Waals surface area contributed by atoms with Gasteiger partial charge in [-0.3, -0.25) is 4.79 Å². The summed E-state index contributed by atoms with van der Waals surface area (Å²) in [5, 5.41) is 50.0. The molecule has 0 bridgehead atoms. The number of benzene rings is 1. The third-order valence-corrected chi connectivity index (χ3v) is 4.61. The zero-order valence-electron chi connectivity index (χ0n) is 15.0. The van der Waals surface area contributed by atoms with Gasteiger partial charge in [0.2, 0.25) is 0 Å². The molecule has 3 unspecified atom stereocenters. The molecular weight excluding hydrogens is 368 g/mol. The summed E-state index contributed by atoms with van der Waals surface area (Å²) < 4.78 is 5.77. The molecule has 2 aliphatic rings. The van der Waals surface area contributed by atoms with Crippen molar-refractivity contribution < 1.29 is 39.9 Å². The van der Waals surface area contributed by atoms with Crippen LogP contribution in [0.1, 0.15) is 37.0 Å². The van der Waals surface area contributed by atoms with Crippen molar-refractivity contribution in [1.29, 1.82) is 0 Å². The van der Waals surface area contributed by atoms with Crippen LogP contribution in [0, 0.1) is 5.92 Å². The van der Waals surface area contributed by atoms with Gasteiger partial charge in [0.15, 0.2) is 17.3 Å². The first-order chi connectivity index (χ1) is 13.2. The molecule has 3 atom stereocenters. The van der Waals surface area contributed by atoms with Gasteiger partial charge in [-0.15, -0.1) is 0 Å². The monoisotopic (exact) mass is 388 g/mol. The maximum Gasteiger partial charge on any atom is 0.174 e. The molecule has 0 aromatic heterocycles. The number of aromatic hydroxyl groups is 2. The fraction of sp³-hybridized carbons (Fsp3) is 0.300. The van der Waals surface area contributed by atoms with E-state index in [1.54, 1.807) is 0 Å². The predicted molar refractivity (Wildman–Crippen MR) is 97.4 cm³/mol. The maximum absolute atomic E-state index is 12.5. The zero-order chi connectivity index (χ0) is 20.6. The first-order valence-electron chi connectivity index (χ1n) is 8.65. The maximum atomic E-state index is 12.5. The lowest BCUT2D eigenvalue weighted by Crippen LogP contribution is -2.27. The van der Waals surface area contributed by atoms with E-state index >= 15 is 0 Å². The minimum Gasteiger partial charge on any atom is -0.507 e. The van der Waals surface area contributed by atoms with Crippen LogP contribution in [0.25, 0.3) is 5.76 Å². The summed E-state index contributed by atoms with van der Waals surface area (Å²) in [5.74, 6) is -2.74. The molecule has 8 nitrogen and oxygen atoms in total. The lowest BCUT2D eigenvalue weighted by atomic mass is 9.89. The van der Waals surface area contributed by atoms with E-state index in [1.807, 2.05) is 0 Å². The van der Waals surface area contributed by atoms with Crippen LogP contribution in [0.3, 0.4) is 0 Å². The molecule has 0 radical (unpaired) electrons. The van der Waals surface area contributed by atoms with Gasteiger partial charge in [-0.2, -0.15) is 0 Å². The summed E-state index contributed by atoms with van der Waals surface area (Å²) >= 11 is 0. The molecule has 0 fully saturated rings. The van der Waals surface area contributed by atoms with E-state index < -0.39 is 41.2 Å². The van der Waals surface area contributed by atoms with Crippen LogP contribution in [-0.4, -0.2) is 43.7 Å². The Morgan fingerprint density at radius 2 is 1.96 bits per heavy atom. The highest BCUT2D eigenvalue weighted by molar-refractivity contribution is 6.00. The highest BCUT2D eigenvalue weighted by atomic mass is 16.5. The van der Waals surface area contributed by atoms with E-state index in [2.05, 4.69) is 0 Å². The van der Waals surface area contributed by atoms with Gasteiger partial charge < -0.3 is 35.1 Å². The molecule has 0 saturated carbocycles. The Kier molecular flexibility index (Phi) is 5.15. The number of rotatable bonds is 4. The van der Waals surface area contributed by atoms with Crippen LogP contribution >= 0.6 is 0 Å². The molecule has 8 heteroatoms. The Hall–Kier alpha value is -3.26. The van der Waals surface area contributed by atoms with Gasteiger partial charge in [0.05, 0.1) is 23.7 Å². The minimum absolute atomic E-state index is 0.0144. The summed E-state index contributed by atoms with van der Waals surface area (Å²) in [4.78, 5) is 23.2. The number of aldehydes is 1. The van der Waals surface area contributed by atoms with Gasteiger partial charge in [0, 0.05) is 12.3 Å². The molecule has 148 valence electrons. The molecule has 0 saturated heterocycles. The van der Waals surface area contributed by atoms with E-state index in [-0.39, 0.29) is 35.5 Å². The number of phenolic OH excluding ortho intramolecular Hbond substituents is 2. The molecule has 1 aliphatic carbocycles. The van der Waals surface area contributed by atoms with Crippen LogP contribution in [0.4, 0.5) is 0 Å². The summed E-state index contributed by atoms with van der Waals surface area (Å²) in [5.41, 5.74) is 0.200. The molecule has 3 rings (SSSR count). The minimum atomic E-state index is -0.995. The average Bonchev–Trinajstić information content (AvgIpc) is 2.62. The van der Waals surface area contributed by atoms with Gasteiger partial charge in [-0.05, 0) is 29.8 Å². The fourth-order valence-electron chi connectivity index (χ4n) is 3.23. The van der Waals surface area contributed by atoms with E-state index in [0.29, 0.717) is 11.8 Å². The van der Waals surface area contributed by atoms with Gasteiger partial charge >= 0.3 is 0 Å². The van der Waals surface area contributed by atoms with Crippen LogP contribution in [0.15, 0.2) is 41.4 Å². The number of phenols is 2. The summed E-state index contributed by atoms with van der Waals surface area (Å²) in [7, 11) is 0. The van der Waals surface area contributed by atoms with Crippen molar-refractivity contribution in [2.45, 2.75) is 32.0 Å². The highest BCUT2D eigenvalue weighted by Crippen LogP contribution is 2.42. The number of ketones is 1. The Morgan fingerprint density at radius 1 is 1.25 bits per heavy atom. The second kappa shape index (κ2) is 7.40. The third kappa shape index (κ3) is 3.59. The Bertz CT molecular complexity index is 924. The Balaban J connectivity index is 1.99. The van der Waals surface area contributed by atoms with Crippen molar-refractivity contribution in [1.82, 2.24) is 0 Å². The third-order valence-electron chi connectivity index (χ3n) is 4.61. The van der Waals surface area contributed by atoms with Crippen LogP contribution in [-0.2, 0) is 14.3 Å². The van der Waals surface area contributed by atoms with Crippen LogP contribution in [0.2, 0.25) is 0 Å². The molecule has 28 heavy (non-hydrogen) atoms. The molecule has 1 aliphatic heterocycles. The first kappa shape index (κ1) is 19.5. The fourth-order valence-corrected chi connectivity index (χ4v) is 3.23. The predicted octanol–water partition coefficient (Wildman–Crippen LogP) is 2.32. The standard InChI is InChI=1S/C20H20O8/c1-9(8-21)2-13(23)12-3-10(4-16(26)20(12)27)17-7-15(25)19-14(24)5-11(22)6-18(19)28-17/h2-5,8-9,11,17,22-24,26-27H,6-7H2,1H3. The Labute approximate surface area is 160 Å². The van der Waals surface area contributed by atoms with Crippen molar-refractivity contribution in [2.24, 2.45) is 5.92 Å². The van der Waals surface area contributed by atoms with Gasteiger partial charge in [0.25, 0.3) is 0 Å². The molecule has 0 spiro atoms. The number of ether oxygens (including phenoxy) is 1.